The van der Waals surface area contributed by atoms with E-state index in [4.69, 9.17) is 4.55 Å². The summed E-state index contributed by atoms with van der Waals surface area (Å²) in [6.45, 7) is 0. The van der Waals surface area contributed by atoms with Crippen molar-refractivity contribution in [2.24, 2.45) is 0 Å². The smallest absolute Gasteiger partial charge is 0.328 e. The van der Waals surface area contributed by atoms with Crippen LogP contribution in [0.4, 0.5) is 0 Å². The second kappa shape index (κ2) is 4.50. The van der Waals surface area contributed by atoms with Gasteiger partial charge in [0.05, 0.1) is 5.56 Å². The zero-order valence-electron chi connectivity index (χ0n) is 9.05. The fourth-order valence-electron chi connectivity index (χ4n) is 1.91. The molecule has 1 aliphatic rings. The van der Waals surface area contributed by atoms with E-state index in [-0.39, 0.29) is 17.5 Å². The van der Waals surface area contributed by atoms with Crippen LogP contribution in [0.2, 0.25) is 0 Å². The highest BCUT2D eigenvalue weighted by Crippen LogP contribution is 2.19. The standard InChI is InChI=1S/C10H13NO5S/c12-10(11-8-3-1-2-4-8)7-5-9(16-6-7)17(13,14)15/h5-6,8H,1-4H2,(H,11,12)(H,13,14,15). The highest BCUT2D eigenvalue weighted by molar-refractivity contribution is 7.85. The van der Waals surface area contributed by atoms with E-state index >= 15 is 0 Å². The molecule has 17 heavy (non-hydrogen) atoms. The van der Waals surface area contributed by atoms with Gasteiger partial charge in [-0.2, -0.15) is 8.42 Å². The summed E-state index contributed by atoms with van der Waals surface area (Å²) in [4.78, 5) is 11.7. The van der Waals surface area contributed by atoms with Gasteiger partial charge >= 0.3 is 10.1 Å². The first kappa shape index (κ1) is 12.1. The minimum atomic E-state index is -4.39. The fraction of sp³-hybridized carbons (Fsp3) is 0.500. The van der Waals surface area contributed by atoms with Gasteiger partial charge in [-0.3, -0.25) is 9.35 Å². The molecule has 0 spiro atoms. The molecular formula is C10H13NO5S. The van der Waals surface area contributed by atoms with Gasteiger partial charge in [0, 0.05) is 12.1 Å². The molecule has 1 aromatic rings. The van der Waals surface area contributed by atoms with Gasteiger partial charge in [-0.15, -0.1) is 0 Å². The van der Waals surface area contributed by atoms with E-state index in [1.807, 2.05) is 0 Å². The van der Waals surface area contributed by atoms with Crippen molar-refractivity contribution in [3.05, 3.63) is 17.9 Å². The lowest BCUT2D eigenvalue weighted by Gasteiger charge is -2.09. The van der Waals surface area contributed by atoms with Gasteiger partial charge in [0.2, 0.25) is 5.09 Å². The van der Waals surface area contributed by atoms with Crippen LogP contribution in [0.3, 0.4) is 0 Å². The quantitative estimate of drug-likeness (QED) is 0.795. The predicted octanol–water partition coefficient (Wildman–Crippen LogP) is 1.20. The zero-order chi connectivity index (χ0) is 12.5. The third-order valence-corrected chi connectivity index (χ3v) is 3.50. The van der Waals surface area contributed by atoms with Crippen LogP contribution >= 0.6 is 0 Å². The highest BCUT2D eigenvalue weighted by atomic mass is 32.2. The Kier molecular flexibility index (Phi) is 3.21. The van der Waals surface area contributed by atoms with Crippen LogP contribution < -0.4 is 5.32 Å². The minimum absolute atomic E-state index is 0.101. The Morgan fingerprint density at radius 2 is 2.06 bits per heavy atom. The molecule has 0 aliphatic heterocycles. The molecule has 1 saturated carbocycles. The van der Waals surface area contributed by atoms with Crippen molar-refractivity contribution in [3.63, 3.8) is 0 Å². The maximum absolute atomic E-state index is 11.7. The van der Waals surface area contributed by atoms with Crippen molar-refractivity contribution < 1.29 is 22.2 Å². The Bertz CT molecular complexity index is 513. The van der Waals surface area contributed by atoms with E-state index < -0.39 is 15.2 Å². The molecule has 1 aromatic heterocycles. The van der Waals surface area contributed by atoms with Crippen LogP contribution in [-0.4, -0.2) is 24.9 Å². The van der Waals surface area contributed by atoms with E-state index in [1.165, 1.54) is 0 Å². The van der Waals surface area contributed by atoms with Gasteiger partial charge in [0.25, 0.3) is 5.91 Å². The average Bonchev–Trinajstić information content (AvgIpc) is 2.85. The normalized spacial score (nSPS) is 17.2. The SMILES string of the molecule is O=C(NC1CCCC1)c1coc(S(=O)(=O)O)c1. The molecule has 0 unspecified atom stereocenters. The molecule has 0 aromatic carbocycles. The first-order chi connectivity index (χ1) is 7.97. The fourth-order valence-corrected chi connectivity index (χ4v) is 2.36. The molecule has 0 saturated heterocycles. The van der Waals surface area contributed by atoms with Crippen LogP contribution in [-0.2, 0) is 10.1 Å². The molecule has 1 heterocycles. The Labute approximate surface area is 98.7 Å². The van der Waals surface area contributed by atoms with Crippen molar-refractivity contribution in [1.82, 2.24) is 5.32 Å². The molecule has 94 valence electrons. The molecule has 7 heteroatoms. The molecule has 2 N–H and O–H groups in total. The Morgan fingerprint density at radius 3 is 2.59 bits per heavy atom. The highest BCUT2D eigenvalue weighted by Gasteiger charge is 2.21. The van der Waals surface area contributed by atoms with Crippen molar-refractivity contribution >= 4 is 16.0 Å². The second-order valence-electron chi connectivity index (χ2n) is 4.08. The van der Waals surface area contributed by atoms with Gasteiger partial charge in [-0.1, -0.05) is 12.8 Å². The predicted molar refractivity (Wildman–Crippen MR) is 58.2 cm³/mol. The second-order valence-corrected chi connectivity index (χ2v) is 5.44. The number of hydrogen-bond donors (Lipinski definition) is 2. The maximum atomic E-state index is 11.7. The number of hydrogen-bond acceptors (Lipinski definition) is 4. The monoisotopic (exact) mass is 259 g/mol. The van der Waals surface area contributed by atoms with E-state index in [1.54, 1.807) is 0 Å². The molecule has 0 bridgehead atoms. The van der Waals surface area contributed by atoms with Crippen molar-refractivity contribution in [1.29, 1.82) is 0 Å². The van der Waals surface area contributed by atoms with Crippen LogP contribution in [0.5, 0.6) is 0 Å². The number of carbonyl (C=O) groups is 1. The van der Waals surface area contributed by atoms with Gasteiger partial charge < -0.3 is 9.73 Å². The Balaban J connectivity index is 2.07. The summed E-state index contributed by atoms with van der Waals surface area (Å²) in [5, 5.41) is 2.17. The first-order valence-electron chi connectivity index (χ1n) is 5.34. The van der Waals surface area contributed by atoms with E-state index in [0.29, 0.717) is 0 Å². The number of furan rings is 1. The molecule has 0 atom stereocenters. The van der Waals surface area contributed by atoms with E-state index in [0.717, 1.165) is 38.0 Å². The van der Waals surface area contributed by atoms with Crippen molar-refractivity contribution in [2.45, 2.75) is 36.8 Å². The summed E-state index contributed by atoms with van der Waals surface area (Å²) >= 11 is 0. The first-order valence-corrected chi connectivity index (χ1v) is 6.78. The summed E-state index contributed by atoms with van der Waals surface area (Å²) in [5.74, 6) is -0.379. The topological polar surface area (TPSA) is 96.6 Å². The molecule has 1 aliphatic carbocycles. The summed E-state index contributed by atoms with van der Waals surface area (Å²) in [6.07, 6.45) is 5.08. The third kappa shape index (κ3) is 2.86. The summed E-state index contributed by atoms with van der Waals surface area (Å²) in [7, 11) is -4.39. The van der Waals surface area contributed by atoms with Crippen LogP contribution in [0.1, 0.15) is 36.0 Å². The molecule has 1 amide bonds. The lowest BCUT2D eigenvalue weighted by Crippen LogP contribution is -2.32. The number of amides is 1. The van der Waals surface area contributed by atoms with Crippen LogP contribution in [0.25, 0.3) is 0 Å². The minimum Gasteiger partial charge on any atom is -0.450 e. The maximum Gasteiger partial charge on any atom is 0.328 e. The van der Waals surface area contributed by atoms with Crippen LogP contribution in [0.15, 0.2) is 21.8 Å². The zero-order valence-corrected chi connectivity index (χ0v) is 9.87. The average molecular weight is 259 g/mol. The molecular weight excluding hydrogens is 246 g/mol. The van der Waals surface area contributed by atoms with Gasteiger partial charge in [0.1, 0.15) is 6.26 Å². The number of rotatable bonds is 3. The molecule has 0 radical (unpaired) electrons. The summed E-state index contributed by atoms with van der Waals surface area (Å²) in [6, 6.07) is 1.16. The van der Waals surface area contributed by atoms with Crippen LogP contribution in [0, 0.1) is 0 Å². The number of nitrogens with one attached hydrogen (secondary N) is 1. The van der Waals surface area contributed by atoms with Crippen molar-refractivity contribution in [3.8, 4) is 0 Å². The molecule has 2 rings (SSSR count). The van der Waals surface area contributed by atoms with Gasteiger partial charge in [-0.05, 0) is 12.8 Å². The Morgan fingerprint density at radius 1 is 1.41 bits per heavy atom. The van der Waals surface area contributed by atoms with Crippen molar-refractivity contribution in [2.75, 3.05) is 0 Å². The van der Waals surface area contributed by atoms with E-state index in [2.05, 4.69) is 9.73 Å². The van der Waals surface area contributed by atoms with Gasteiger partial charge in [0.15, 0.2) is 0 Å². The third-order valence-electron chi connectivity index (χ3n) is 2.78. The van der Waals surface area contributed by atoms with Gasteiger partial charge in [-0.25, -0.2) is 0 Å². The Hall–Kier alpha value is -1.34. The summed E-state index contributed by atoms with van der Waals surface area (Å²) in [5.41, 5.74) is 0.101. The van der Waals surface area contributed by atoms with E-state index in [9.17, 15) is 13.2 Å². The molecule has 6 nitrogen and oxygen atoms in total. The lowest BCUT2D eigenvalue weighted by atomic mass is 10.2. The lowest BCUT2D eigenvalue weighted by molar-refractivity contribution is 0.0937. The summed E-state index contributed by atoms with van der Waals surface area (Å²) < 4.78 is 34.8. The largest absolute Gasteiger partial charge is 0.450 e. The number of carbonyl (C=O) groups excluding carboxylic acids is 1. The molecule has 1 fully saturated rings.